The molecule has 3 N–H and O–H groups in total. The van der Waals surface area contributed by atoms with Crippen LogP contribution in [0.2, 0.25) is 0 Å². The first-order chi connectivity index (χ1) is 12.8. The van der Waals surface area contributed by atoms with Crippen molar-refractivity contribution in [1.82, 2.24) is 10.2 Å². The van der Waals surface area contributed by atoms with Crippen molar-refractivity contribution in [3.8, 4) is 0 Å². The van der Waals surface area contributed by atoms with Crippen LogP contribution in [0.15, 0.2) is 42.5 Å². The summed E-state index contributed by atoms with van der Waals surface area (Å²) in [4.78, 5) is 27.3. The molecule has 0 saturated carbocycles. The number of nitrogens with zero attached hydrogens (tertiary/aromatic N) is 1. The van der Waals surface area contributed by atoms with E-state index >= 15 is 0 Å². The van der Waals surface area contributed by atoms with E-state index in [0.717, 1.165) is 16.3 Å². The van der Waals surface area contributed by atoms with Crippen LogP contribution in [0.4, 0.5) is 0 Å². The summed E-state index contributed by atoms with van der Waals surface area (Å²) in [6, 6.07) is 13.5. The summed E-state index contributed by atoms with van der Waals surface area (Å²) in [6.45, 7) is 5.94. The molecule has 5 nitrogen and oxygen atoms in total. The van der Waals surface area contributed by atoms with Crippen LogP contribution in [0.1, 0.15) is 32.4 Å². The molecule has 2 unspecified atom stereocenters. The van der Waals surface area contributed by atoms with E-state index in [2.05, 4.69) is 17.4 Å². The van der Waals surface area contributed by atoms with Gasteiger partial charge in [0.2, 0.25) is 11.8 Å². The zero-order valence-electron chi connectivity index (χ0n) is 16.1. The molecule has 0 aromatic heterocycles. The molecule has 1 heterocycles. The summed E-state index contributed by atoms with van der Waals surface area (Å²) >= 11 is 1.61. The van der Waals surface area contributed by atoms with E-state index in [1.807, 2.05) is 51.1 Å². The second kappa shape index (κ2) is 7.90. The molecular weight excluding hydrogens is 358 g/mol. The molecule has 0 spiro atoms. The second-order valence-corrected chi connectivity index (χ2v) is 8.94. The van der Waals surface area contributed by atoms with E-state index in [4.69, 9.17) is 5.73 Å². The third-order valence-electron chi connectivity index (χ3n) is 4.82. The van der Waals surface area contributed by atoms with Crippen LogP contribution in [-0.2, 0) is 9.59 Å². The standard InChI is InChI=1S/C21H27N3O2S/c1-21(2,3)20(26)24-13-27-12-18(24)19(25)23-17(11-22)16-9-8-14-6-4-5-7-15(14)10-16/h4-10,17-18H,11-13,22H2,1-3H3,(H,23,25). The monoisotopic (exact) mass is 385 g/mol. The van der Waals surface area contributed by atoms with Crippen molar-refractivity contribution in [3.05, 3.63) is 48.0 Å². The highest BCUT2D eigenvalue weighted by Gasteiger charge is 2.39. The fourth-order valence-electron chi connectivity index (χ4n) is 3.26. The van der Waals surface area contributed by atoms with Gasteiger partial charge in [-0.2, -0.15) is 0 Å². The summed E-state index contributed by atoms with van der Waals surface area (Å²) in [5, 5.41) is 5.32. The van der Waals surface area contributed by atoms with Gasteiger partial charge >= 0.3 is 0 Å². The molecule has 1 aliphatic heterocycles. The van der Waals surface area contributed by atoms with Gasteiger partial charge in [0.15, 0.2) is 0 Å². The number of fused-ring (bicyclic) bond motifs is 1. The number of carbonyl (C=O) groups is 2. The molecule has 27 heavy (non-hydrogen) atoms. The van der Waals surface area contributed by atoms with Crippen molar-refractivity contribution >= 4 is 34.3 Å². The average molecular weight is 386 g/mol. The van der Waals surface area contributed by atoms with Crippen LogP contribution in [-0.4, -0.2) is 40.9 Å². The first-order valence-electron chi connectivity index (χ1n) is 9.19. The third-order valence-corrected chi connectivity index (χ3v) is 5.83. The number of nitrogens with two attached hydrogens (primary N) is 1. The Morgan fingerprint density at radius 3 is 2.59 bits per heavy atom. The molecule has 1 aliphatic rings. The van der Waals surface area contributed by atoms with E-state index in [1.165, 1.54) is 0 Å². The van der Waals surface area contributed by atoms with Crippen molar-refractivity contribution in [3.63, 3.8) is 0 Å². The highest BCUT2D eigenvalue weighted by atomic mass is 32.2. The van der Waals surface area contributed by atoms with Gasteiger partial charge in [-0.3, -0.25) is 9.59 Å². The number of hydrogen-bond acceptors (Lipinski definition) is 4. The van der Waals surface area contributed by atoms with E-state index < -0.39 is 11.5 Å². The van der Waals surface area contributed by atoms with Crippen LogP contribution >= 0.6 is 11.8 Å². The summed E-state index contributed by atoms with van der Waals surface area (Å²) in [5.74, 6) is 1.03. The minimum atomic E-state index is -0.505. The Bertz CT molecular complexity index is 847. The van der Waals surface area contributed by atoms with Gasteiger partial charge < -0.3 is 16.0 Å². The molecule has 3 rings (SSSR count). The fraction of sp³-hybridized carbons (Fsp3) is 0.429. The van der Waals surface area contributed by atoms with Gasteiger partial charge in [-0.15, -0.1) is 11.8 Å². The molecule has 2 aromatic rings. The number of hydrogen-bond donors (Lipinski definition) is 2. The van der Waals surface area contributed by atoms with Crippen molar-refractivity contribution in [2.45, 2.75) is 32.9 Å². The fourth-order valence-corrected chi connectivity index (χ4v) is 4.42. The number of amides is 2. The zero-order chi connectivity index (χ0) is 19.6. The quantitative estimate of drug-likeness (QED) is 0.849. The van der Waals surface area contributed by atoms with Gasteiger partial charge in [0.1, 0.15) is 6.04 Å². The SMILES string of the molecule is CC(C)(C)C(=O)N1CSCC1C(=O)NC(CN)c1ccc2ccccc2c1. The van der Waals surface area contributed by atoms with E-state index in [0.29, 0.717) is 18.2 Å². The molecule has 2 amide bonds. The van der Waals surface area contributed by atoms with Crippen LogP contribution in [0.5, 0.6) is 0 Å². The van der Waals surface area contributed by atoms with Crippen molar-refractivity contribution < 1.29 is 9.59 Å². The van der Waals surface area contributed by atoms with Crippen molar-refractivity contribution in [2.24, 2.45) is 11.1 Å². The Morgan fingerprint density at radius 2 is 1.93 bits per heavy atom. The van der Waals surface area contributed by atoms with Gasteiger partial charge in [-0.1, -0.05) is 57.2 Å². The first-order valence-corrected chi connectivity index (χ1v) is 10.3. The smallest absolute Gasteiger partial charge is 0.244 e. The lowest BCUT2D eigenvalue weighted by Gasteiger charge is -2.30. The topological polar surface area (TPSA) is 75.4 Å². The molecule has 144 valence electrons. The molecule has 2 atom stereocenters. The Hall–Kier alpha value is -2.05. The van der Waals surface area contributed by atoms with Gasteiger partial charge in [0, 0.05) is 17.7 Å². The van der Waals surface area contributed by atoms with E-state index in [9.17, 15) is 9.59 Å². The van der Waals surface area contributed by atoms with Crippen LogP contribution in [0, 0.1) is 5.41 Å². The number of benzene rings is 2. The Balaban J connectivity index is 1.77. The lowest BCUT2D eigenvalue weighted by molar-refractivity contribution is -0.144. The van der Waals surface area contributed by atoms with Gasteiger partial charge in [0.05, 0.1) is 11.9 Å². The van der Waals surface area contributed by atoms with E-state index in [1.54, 1.807) is 16.7 Å². The molecular formula is C21H27N3O2S. The molecule has 1 saturated heterocycles. The number of carbonyl (C=O) groups excluding carboxylic acids is 2. The number of thioether (sulfide) groups is 1. The van der Waals surface area contributed by atoms with Crippen molar-refractivity contribution in [1.29, 1.82) is 0 Å². The summed E-state index contributed by atoms with van der Waals surface area (Å²) in [5.41, 5.74) is 6.43. The van der Waals surface area contributed by atoms with Gasteiger partial charge in [0.25, 0.3) is 0 Å². The maximum absolute atomic E-state index is 12.9. The zero-order valence-corrected chi connectivity index (χ0v) is 16.9. The summed E-state index contributed by atoms with van der Waals surface area (Å²) < 4.78 is 0. The summed E-state index contributed by atoms with van der Waals surface area (Å²) in [7, 11) is 0. The number of nitrogens with one attached hydrogen (secondary N) is 1. The minimum Gasteiger partial charge on any atom is -0.346 e. The highest BCUT2D eigenvalue weighted by Crippen LogP contribution is 2.28. The molecule has 0 aliphatic carbocycles. The maximum Gasteiger partial charge on any atom is 0.244 e. The molecule has 0 radical (unpaired) electrons. The van der Waals surface area contributed by atoms with Gasteiger partial charge in [-0.25, -0.2) is 0 Å². The summed E-state index contributed by atoms with van der Waals surface area (Å²) in [6.07, 6.45) is 0. The largest absolute Gasteiger partial charge is 0.346 e. The van der Waals surface area contributed by atoms with Crippen LogP contribution < -0.4 is 11.1 Å². The van der Waals surface area contributed by atoms with Gasteiger partial charge in [-0.05, 0) is 22.4 Å². The third kappa shape index (κ3) is 4.28. The minimum absolute atomic E-state index is 0.00246. The molecule has 2 aromatic carbocycles. The van der Waals surface area contributed by atoms with Crippen LogP contribution in [0.25, 0.3) is 10.8 Å². The Kier molecular flexibility index (Phi) is 5.77. The lowest BCUT2D eigenvalue weighted by Crippen LogP contribution is -2.51. The molecule has 0 bridgehead atoms. The number of rotatable bonds is 4. The Morgan fingerprint density at radius 1 is 1.22 bits per heavy atom. The first kappa shape index (κ1) is 19.7. The maximum atomic E-state index is 12.9. The van der Waals surface area contributed by atoms with E-state index in [-0.39, 0.29) is 17.9 Å². The van der Waals surface area contributed by atoms with Crippen molar-refractivity contribution in [2.75, 3.05) is 18.2 Å². The normalized spacial score (nSPS) is 18.5. The second-order valence-electron chi connectivity index (χ2n) is 7.94. The lowest BCUT2D eigenvalue weighted by atomic mass is 9.94. The predicted molar refractivity (Wildman–Crippen MR) is 111 cm³/mol. The Labute approximate surface area is 164 Å². The molecule has 1 fully saturated rings. The predicted octanol–water partition coefficient (Wildman–Crippen LogP) is 2.90. The van der Waals surface area contributed by atoms with Crippen LogP contribution in [0.3, 0.4) is 0 Å². The highest BCUT2D eigenvalue weighted by molar-refractivity contribution is 7.99. The average Bonchev–Trinajstić information content (AvgIpc) is 3.13. The molecule has 6 heteroatoms.